The van der Waals surface area contributed by atoms with E-state index in [0.29, 0.717) is 13.2 Å². The largest absolute Gasteiger partial charge is 0.497 e. The van der Waals surface area contributed by atoms with Gasteiger partial charge < -0.3 is 19.3 Å². The van der Waals surface area contributed by atoms with Crippen molar-refractivity contribution in [3.63, 3.8) is 0 Å². The molecule has 136 valence electrons. The zero-order valence-corrected chi connectivity index (χ0v) is 15.1. The smallest absolute Gasteiger partial charge is 0.119 e. The van der Waals surface area contributed by atoms with Crippen molar-refractivity contribution in [1.29, 1.82) is 0 Å². The molecule has 0 aliphatic carbocycles. The summed E-state index contributed by atoms with van der Waals surface area (Å²) in [7, 11) is 1.68. The van der Waals surface area contributed by atoms with Crippen LogP contribution in [0.2, 0.25) is 0 Å². The zero-order chi connectivity index (χ0) is 17.4. The van der Waals surface area contributed by atoms with E-state index in [-0.39, 0.29) is 12.2 Å². The van der Waals surface area contributed by atoms with Gasteiger partial charge in [-0.2, -0.15) is 0 Å². The van der Waals surface area contributed by atoms with E-state index in [1.54, 1.807) is 7.11 Å². The Labute approximate surface area is 145 Å². The molecule has 24 heavy (non-hydrogen) atoms. The van der Waals surface area contributed by atoms with Crippen LogP contribution in [0.1, 0.15) is 32.3 Å². The van der Waals surface area contributed by atoms with Crippen LogP contribution in [0.25, 0.3) is 0 Å². The fraction of sp³-hybridized carbons (Fsp3) is 0.684. The third kappa shape index (κ3) is 6.77. The van der Waals surface area contributed by atoms with Crippen LogP contribution in [0.5, 0.6) is 5.75 Å². The van der Waals surface area contributed by atoms with E-state index < -0.39 is 6.10 Å². The number of methoxy groups -OCH3 is 1. The molecule has 1 N–H and O–H groups in total. The second-order valence-corrected chi connectivity index (χ2v) is 6.72. The van der Waals surface area contributed by atoms with Gasteiger partial charge in [0.1, 0.15) is 5.75 Å². The van der Waals surface area contributed by atoms with Gasteiger partial charge >= 0.3 is 0 Å². The molecule has 0 saturated carbocycles. The first-order chi connectivity index (χ1) is 11.6. The Balaban J connectivity index is 1.95. The molecule has 2 rings (SSSR count). The Bertz CT molecular complexity index is 474. The first-order valence-corrected chi connectivity index (χ1v) is 8.83. The molecule has 0 spiro atoms. The van der Waals surface area contributed by atoms with Crippen LogP contribution in [0.15, 0.2) is 24.3 Å². The van der Waals surface area contributed by atoms with E-state index in [2.05, 4.69) is 11.0 Å². The highest BCUT2D eigenvalue weighted by Gasteiger charge is 2.21. The van der Waals surface area contributed by atoms with Gasteiger partial charge in [-0.05, 0) is 44.4 Å². The van der Waals surface area contributed by atoms with Crippen LogP contribution in [-0.4, -0.2) is 61.7 Å². The lowest BCUT2D eigenvalue weighted by molar-refractivity contribution is -0.0172. The van der Waals surface area contributed by atoms with Crippen molar-refractivity contribution in [3.05, 3.63) is 29.8 Å². The molecule has 1 saturated heterocycles. The molecule has 1 aliphatic heterocycles. The van der Waals surface area contributed by atoms with Crippen LogP contribution >= 0.6 is 0 Å². The van der Waals surface area contributed by atoms with E-state index in [9.17, 15) is 5.11 Å². The minimum atomic E-state index is -0.501. The van der Waals surface area contributed by atoms with Gasteiger partial charge in [-0.3, -0.25) is 4.90 Å². The van der Waals surface area contributed by atoms with Gasteiger partial charge in [-0.25, -0.2) is 0 Å². The van der Waals surface area contributed by atoms with E-state index >= 15 is 0 Å². The molecule has 1 aromatic carbocycles. The van der Waals surface area contributed by atoms with Crippen LogP contribution in [0.4, 0.5) is 0 Å². The maximum absolute atomic E-state index is 10.3. The summed E-state index contributed by atoms with van der Waals surface area (Å²) in [5, 5.41) is 10.3. The standard InChI is InChI=1S/C19H31NO4/c1-15(2)24-14-17(21)12-20(13-19-8-5-9-23-19)11-16-6-4-7-18(10-16)22-3/h4,6-7,10,15,17,19,21H,5,8-9,11-14H2,1-3H3/t17-,19+/m1/s1. The van der Waals surface area contributed by atoms with Crippen LogP contribution in [-0.2, 0) is 16.0 Å². The molecule has 0 aromatic heterocycles. The van der Waals surface area contributed by atoms with Crippen molar-refractivity contribution < 1.29 is 19.3 Å². The van der Waals surface area contributed by atoms with Crippen molar-refractivity contribution in [1.82, 2.24) is 4.90 Å². The number of benzene rings is 1. The summed E-state index contributed by atoms with van der Waals surface area (Å²) in [4.78, 5) is 2.25. The van der Waals surface area contributed by atoms with Crippen LogP contribution in [0.3, 0.4) is 0 Å². The van der Waals surface area contributed by atoms with Gasteiger partial charge in [0, 0.05) is 26.2 Å². The highest BCUT2D eigenvalue weighted by Crippen LogP contribution is 2.18. The van der Waals surface area contributed by atoms with Gasteiger partial charge in [-0.1, -0.05) is 12.1 Å². The monoisotopic (exact) mass is 337 g/mol. The van der Waals surface area contributed by atoms with Gasteiger partial charge in [0.05, 0.1) is 32.0 Å². The summed E-state index contributed by atoms with van der Waals surface area (Å²) in [6.45, 7) is 7.32. The maximum atomic E-state index is 10.3. The summed E-state index contributed by atoms with van der Waals surface area (Å²) in [6, 6.07) is 8.07. The predicted octanol–water partition coefficient (Wildman–Crippen LogP) is 2.46. The quantitative estimate of drug-likeness (QED) is 0.711. The summed E-state index contributed by atoms with van der Waals surface area (Å²) in [6.07, 6.45) is 2.10. The molecule has 0 unspecified atom stereocenters. The summed E-state index contributed by atoms with van der Waals surface area (Å²) >= 11 is 0. The lowest BCUT2D eigenvalue weighted by Gasteiger charge is -2.28. The summed E-state index contributed by atoms with van der Waals surface area (Å²) in [5.41, 5.74) is 1.17. The number of hydrogen-bond donors (Lipinski definition) is 1. The zero-order valence-electron chi connectivity index (χ0n) is 15.1. The molecule has 5 nitrogen and oxygen atoms in total. The van der Waals surface area contributed by atoms with E-state index in [1.165, 1.54) is 5.56 Å². The Kier molecular flexibility index (Phi) is 7.99. The van der Waals surface area contributed by atoms with Crippen molar-refractivity contribution >= 4 is 0 Å². The Morgan fingerprint density at radius 1 is 1.38 bits per heavy atom. The number of ether oxygens (including phenoxy) is 3. The van der Waals surface area contributed by atoms with Crippen LogP contribution < -0.4 is 4.74 Å². The summed E-state index contributed by atoms with van der Waals surface area (Å²) in [5.74, 6) is 0.855. The van der Waals surface area contributed by atoms with Crippen molar-refractivity contribution in [2.24, 2.45) is 0 Å². The minimum Gasteiger partial charge on any atom is -0.497 e. The third-order valence-electron chi connectivity index (χ3n) is 4.12. The van der Waals surface area contributed by atoms with Crippen LogP contribution in [0, 0.1) is 0 Å². The Hall–Kier alpha value is -1.14. The molecule has 1 aliphatic rings. The van der Waals surface area contributed by atoms with Gasteiger partial charge in [-0.15, -0.1) is 0 Å². The normalized spacial score (nSPS) is 19.2. The summed E-state index contributed by atoms with van der Waals surface area (Å²) < 4.78 is 16.6. The topological polar surface area (TPSA) is 51.2 Å². The molecular weight excluding hydrogens is 306 g/mol. The molecule has 2 atom stereocenters. The predicted molar refractivity (Wildman–Crippen MR) is 94.3 cm³/mol. The second-order valence-electron chi connectivity index (χ2n) is 6.72. The lowest BCUT2D eigenvalue weighted by Crippen LogP contribution is -2.39. The third-order valence-corrected chi connectivity index (χ3v) is 4.12. The second kappa shape index (κ2) is 9.99. The lowest BCUT2D eigenvalue weighted by atomic mass is 10.1. The maximum Gasteiger partial charge on any atom is 0.119 e. The molecule has 0 radical (unpaired) electrons. The van der Waals surface area contributed by atoms with Gasteiger partial charge in [0.2, 0.25) is 0 Å². The van der Waals surface area contributed by atoms with Crippen molar-refractivity contribution in [3.8, 4) is 5.75 Å². The molecule has 0 bridgehead atoms. The Morgan fingerprint density at radius 3 is 2.88 bits per heavy atom. The molecule has 1 aromatic rings. The minimum absolute atomic E-state index is 0.129. The highest BCUT2D eigenvalue weighted by molar-refractivity contribution is 5.28. The first kappa shape index (κ1) is 19.2. The van der Waals surface area contributed by atoms with E-state index in [1.807, 2.05) is 32.0 Å². The fourth-order valence-corrected chi connectivity index (χ4v) is 2.96. The van der Waals surface area contributed by atoms with E-state index in [4.69, 9.17) is 14.2 Å². The number of aliphatic hydroxyl groups is 1. The molecule has 1 fully saturated rings. The van der Waals surface area contributed by atoms with Crippen molar-refractivity contribution in [2.75, 3.05) is 33.4 Å². The number of hydrogen-bond acceptors (Lipinski definition) is 5. The number of nitrogens with zero attached hydrogens (tertiary/aromatic N) is 1. The molecule has 0 amide bonds. The molecule has 1 heterocycles. The van der Waals surface area contributed by atoms with Gasteiger partial charge in [0.15, 0.2) is 0 Å². The Morgan fingerprint density at radius 2 is 2.21 bits per heavy atom. The fourth-order valence-electron chi connectivity index (χ4n) is 2.96. The molecule has 5 heteroatoms. The van der Waals surface area contributed by atoms with Gasteiger partial charge in [0.25, 0.3) is 0 Å². The SMILES string of the molecule is COc1cccc(CN(C[C@@H](O)COC(C)C)C[C@@H]2CCCO2)c1. The number of aliphatic hydroxyl groups excluding tert-OH is 1. The average molecular weight is 337 g/mol. The van der Waals surface area contributed by atoms with Crippen molar-refractivity contribution in [2.45, 2.75) is 51.5 Å². The first-order valence-electron chi connectivity index (χ1n) is 8.83. The highest BCUT2D eigenvalue weighted by atomic mass is 16.5. The average Bonchev–Trinajstić information content (AvgIpc) is 3.06. The molecular formula is C19H31NO4. The van der Waals surface area contributed by atoms with E-state index in [0.717, 1.165) is 38.3 Å². The number of rotatable bonds is 10.